The van der Waals surface area contributed by atoms with E-state index in [1.54, 1.807) is 36.0 Å². The Morgan fingerprint density at radius 1 is 0.762 bits per heavy atom. The first kappa shape index (κ1) is 12.7. The third kappa shape index (κ3) is 2.01. The summed E-state index contributed by atoms with van der Waals surface area (Å²) in [5.74, 6) is 3.20. The van der Waals surface area contributed by atoms with Crippen LogP contribution < -0.4 is 0 Å². The standard InChI is InChI=1S/C21H28/c1-2-4-18(5-3-1)19-6-7-20(11-19)21-12-15-8-16(13-21)10-17(9-15)14-21/h6-7,11,15-17H,1-5,8-10,12-14H2. The summed E-state index contributed by atoms with van der Waals surface area (Å²) in [5.41, 5.74) is 5.70. The fourth-order valence-corrected chi connectivity index (χ4v) is 6.72. The molecule has 5 saturated carbocycles. The molecule has 5 fully saturated rings. The minimum atomic E-state index is 0.599. The molecule has 0 aliphatic heterocycles. The van der Waals surface area contributed by atoms with Crippen LogP contribution in [0.25, 0.3) is 0 Å². The molecule has 21 heavy (non-hydrogen) atoms. The van der Waals surface area contributed by atoms with Crippen molar-refractivity contribution in [2.75, 3.05) is 0 Å². The lowest BCUT2D eigenvalue weighted by Crippen LogP contribution is -2.46. The van der Waals surface area contributed by atoms with Crippen molar-refractivity contribution < 1.29 is 0 Å². The number of rotatable bonds is 1. The summed E-state index contributed by atoms with van der Waals surface area (Å²) >= 11 is 0. The molecule has 4 bridgehead atoms. The average molecular weight is 280 g/mol. The zero-order chi connectivity index (χ0) is 13.9. The SMILES string of the molecule is C1=CC(=C2CCCCC2)C=C1C12CC3CC(CC(C3)C1)C2. The maximum absolute atomic E-state index is 2.62. The molecule has 6 aliphatic rings. The molecule has 6 aliphatic carbocycles. The maximum Gasteiger partial charge on any atom is -0.00388 e. The van der Waals surface area contributed by atoms with Crippen LogP contribution in [0.3, 0.4) is 0 Å². The highest BCUT2D eigenvalue weighted by atomic mass is 14.6. The predicted octanol–water partition coefficient (Wildman–Crippen LogP) is 5.96. The summed E-state index contributed by atoms with van der Waals surface area (Å²) in [6.07, 6.45) is 23.8. The van der Waals surface area contributed by atoms with Crippen LogP contribution in [0.5, 0.6) is 0 Å². The van der Waals surface area contributed by atoms with Gasteiger partial charge in [0.2, 0.25) is 0 Å². The number of hydrogen-bond acceptors (Lipinski definition) is 0. The molecule has 0 heteroatoms. The fraction of sp³-hybridized carbons (Fsp3) is 0.714. The highest BCUT2D eigenvalue weighted by Crippen LogP contribution is 2.63. The molecule has 0 saturated heterocycles. The van der Waals surface area contributed by atoms with Gasteiger partial charge in [0, 0.05) is 0 Å². The Kier molecular flexibility index (Phi) is 2.79. The lowest BCUT2D eigenvalue weighted by Gasteiger charge is -2.57. The lowest BCUT2D eigenvalue weighted by molar-refractivity contribution is -0.0284. The van der Waals surface area contributed by atoms with Crippen LogP contribution in [0.15, 0.2) is 34.9 Å². The summed E-state index contributed by atoms with van der Waals surface area (Å²) in [6.45, 7) is 0. The van der Waals surface area contributed by atoms with E-state index in [4.69, 9.17) is 0 Å². The van der Waals surface area contributed by atoms with Crippen molar-refractivity contribution in [3.05, 3.63) is 34.9 Å². The van der Waals surface area contributed by atoms with Crippen LogP contribution in [0.4, 0.5) is 0 Å². The quantitative estimate of drug-likeness (QED) is 0.556. The van der Waals surface area contributed by atoms with Crippen LogP contribution >= 0.6 is 0 Å². The molecule has 0 amide bonds. The molecule has 6 rings (SSSR count). The molecule has 112 valence electrons. The third-order valence-electron chi connectivity index (χ3n) is 7.27. The molecule has 0 nitrogen and oxygen atoms in total. The fourth-order valence-electron chi connectivity index (χ4n) is 6.72. The van der Waals surface area contributed by atoms with Gasteiger partial charge in [0.15, 0.2) is 0 Å². The first-order valence-electron chi connectivity index (χ1n) is 9.43. The monoisotopic (exact) mass is 280 g/mol. The van der Waals surface area contributed by atoms with Gasteiger partial charge in [-0.15, -0.1) is 0 Å². The minimum absolute atomic E-state index is 0.599. The normalized spacial score (nSPS) is 44.6. The molecular weight excluding hydrogens is 252 g/mol. The van der Waals surface area contributed by atoms with Gasteiger partial charge in [-0.2, -0.15) is 0 Å². The van der Waals surface area contributed by atoms with E-state index in [2.05, 4.69) is 18.2 Å². The highest BCUT2D eigenvalue weighted by molar-refractivity contribution is 5.51. The zero-order valence-electron chi connectivity index (χ0n) is 13.2. The number of hydrogen-bond donors (Lipinski definition) is 0. The Balaban J connectivity index is 1.47. The van der Waals surface area contributed by atoms with Gasteiger partial charge in [0.1, 0.15) is 0 Å². The molecule has 0 heterocycles. The van der Waals surface area contributed by atoms with Gasteiger partial charge >= 0.3 is 0 Å². The summed E-state index contributed by atoms with van der Waals surface area (Å²) in [6, 6.07) is 0. The lowest BCUT2D eigenvalue weighted by atomic mass is 9.48. The Bertz CT molecular complexity index is 499. The van der Waals surface area contributed by atoms with E-state index in [0.717, 1.165) is 17.8 Å². The Morgan fingerprint density at radius 3 is 2.00 bits per heavy atom. The van der Waals surface area contributed by atoms with Crippen molar-refractivity contribution in [1.29, 1.82) is 0 Å². The van der Waals surface area contributed by atoms with Gasteiger partial charge in [0.05, 0.1) is 0 Å². The molecule has 0 aromatic heterocycles. The van der Waals surface area contributed by atoms with Gasteiger partial charge in [-0.3, -0.25) is 0 Å². The zero-order valence-corrected chi connectivity index (χ0v) is 13.2. The van der Waals surface area contributed by atoms with Crippen molar-refractivity contribution in [3.63, 3.8) is 0 Å². The van der Waals surface area contributed by atoms with Gasteiger partial charge in [-0.1, -0.05) is 30.2 Å². The minimum Gasteiger partial charge on any atom is -0.0630 e. The van der Waals surface area contributed by atoms with E-state index < -0.39 is 0 Å². The Hall–Kier alpha value is -0.780. The van der Waals surface area contributed by atoms with Crippen molar-refractivity contribution in [3.8, 4) is 0 Å². The summed E-state index contributed by atoms with van der Waals surface area (Å²) in [5, 5.41) is 0. The summed E-state index contributed by atoms with van der Waals surface area (Å²) in [4.78, 5) is 0. The smallest absolute Gasteiger partial charge is 0.00388 e. The van der Waals surface area contributed by atoms with E-state index in [-0.39, 0.29) is 0 Å². The Morgan fingerprint density at radius 2 is 1.38 bits per heavy atom. The molecule has 0 atom stereocenters. The molecule has 0 spiro atoms. The molecule has 0 aromatic rings. The van der Waals surface area contributed by atoms with E-state index in [1.807, 2.05) is 0 Å². The van der Waals surface area contributed by atoms with Gasteiger partial charge in [0.25, 0.3) is 0 Å². The van der Waals surface area contributed by atoms with Crippen LogP contribution in [0, 0.1) is 23.2 Å². The summed E-state index contributed by atoms with van der Waals surface area (Å²) < 4.78 is 0. The molecule has 0 unspecified atom stereocenters. The number of allylic oxidation sites excluding steroid dienone is 6. The molecule has 0 aromatic carbocycles. The van der Waals surface area contributed by atoms with Gasteiger partial charge < -0.3 is 0 Å². The van der Waals surface area contributed by atoms with Crippen LogP contribution in [-0.4, -0.2) is 0 Å². The molecule has 0 N–H and O–H groups in total. The van der Waals surface area contributed by atoms with Crippen molar-refractivity contribution >= 4 is 0 Å². The van der Waals surface area contributed by atoms with E-state index in [9.17, 15) is 0 Å². The first-order valence-corrected chi connectivity index (χ1v) is 9.43. The largest absolute Gasteiger partial charge is 0.0630 e. The van der Waals surface area contributed by atoms with Gasteiger partial charge in [-0.25, -0.2) is 0 Å². The van der Waals surface area contributed by atoms with E-state index >= 15 is 0 Å². The second-order valence-electron chi connectivity index (χ2n) is 8.75. The Labute approximate surface area is 129 Å². The predicted molar refractivity (Wildman–Crippen MR) is 87.9 cm³/mol. The van der Waals surface area contributed by atoms with Crippen LogP contribution in [-0.2, 0) is 0 Å². The van der Waals surface area contributed by atoms with E-state index in [1.165, 1.54) is 51.4 Å². The van der Waals surface area contributed by atoms with Gasteiger partial charge in [-0.05, 0) is 98.5 Å². The topological polar surface area (TPSA) is 0 Å². The summed E-state index contributed by atoms with van der Waals surface area (Å²) in [7, 11) is 0. The first-order chi connectivity index (χ1) is 10.3. The van der Waals surface area contributed by atoms with Crippen LogP contribution in [0.1, 0.15) is 70.6 Å². The van der Waals surface area contributed by atoms with Crippen molar-refractivity contribution in [2.45, 2.75) is 70.6 Å². The molecule has 0 radical (unpaired) electrons. The maximum atomic E-state index is 2.62. The molecular formula is C21H28. The second kappa shape index (κ2) is 4.61. The van der Waals surface area contributed by atoms with Crippen molar-refractivity contribution in [2.24, 2.45) is 23.2 Å². The van der Waals surface area contributed by atoms with Crippen molar-refractivity contribution in [1.82, 2.24) is 0 Å². The highest BCUT2D eigenvalue weighted by Gasteiger charge is 2.52. The third-order valence-corrected chi connectivity index (χ3v) is 7.27. The van der Waals surface area contributed by atoms with E-state index in [0.29, 0.717) is 5.41 Å². The average Bonchev–Trinajstić information content (AvgIpc) is 2.97. The second-order valence-corrected chi connectivity index (χ2v) is 8.75. The van der Waals surface area contributed by atoms with Crippen LogP contribution in [0.2, 0.25) is 0 Å².